The predicted octanol–water partition coefficient (Wildman–Crippen LogP) is 3.88. The zero-order chi connectivity index (χ0) is 13.0. The molecule has 0 N–H and O–H groups in total. The van der Waals surface area contributed by atoms with Crippen molar-refractivity contribution in [3.05, 3.63) is 41.0 Å². The van der Waals surface area contributed by atoms with Crippen molar-refractivity contribution in [3.8, 4) is 10.4 Å². The van der Waals surface area contributed by atoms with Crippen molar-refractivity contribution in [1.82, 2.24) is 4.98 Å². The minimum Gasteiger partial charge on any atom is -0.461 e. The van der Waals surface area contributed by atoms with E-state index >= 15 is 0 Å². The summed E-state index contributed by atoms with van der Waals surface area (Å²) in [5.74, 6) is -0.361. The van der Waals surface area contributed by atoms with Crippen molar-refractivity contribution in [2.45, 2.75) is 12.3 Å². The number of esters is 1. The van der Waals surface area contributed by atoms with E-state index in [-0.39, 0.29) is 5.97 Å². The second kappa shape index (κ2) is 6.11. The number of halogens is 1. The van der Waals surface area contributed by atoms with Crippen LogP contribution in [-0.4, -0.2) is 17.6 Å². The Bertz CT molecular complexity index is 539. The van der Waals surface area contributed by atoms with Crippen LogP contribution < -0.4 is 0 Å². The van der Waals surface area contributed by atoms with Gasteiger partial charge in [-0.2, -0.15) is 0 Å². The van der Waals surface area contributed by atoms with Crippen LogP contribution in [0.3, 0.4) is 0 Å². The second-order valence-electron chi connectivity index (χ2n) is 3.51. The fourth-order valence-electron chi connectivity index (χ4n) is 1.54. The summed E-state index contributed by atoms with van der Waals surface area (Å²) in [6.07, 6.45) is 0. The molecule has 0 bridgehead atoms. The van der Waals surface area contributed by atoms with E-state index in [0.717, 1.165) is 15.4 Å². The number of carbonyl (C=O) groups excluding carboxylic acids is 1. The van der Waals surface area contributed by atoms with Gasteiger partial charge in [0.05, 0.1) is 16.8 Å². The fourth-order valence-corrected chi connectivity index (χ4v) is 2.92. The van der Waals surface area contributed by atoms with Crippen LogP contribution in [0, 0.1) is 0 Å². The first-order valence-electron chi connectivity index (χ1n) is 5.54. The van der Waals surface area contributed by atoms with E-state index in [0.29, 0.717) is 17.6 Å². The van der Waals surface area contributed by atoms with E-state index in [4.69, 9.17) is 4.74 Å². The Kier molecular flexibility index (Phi) is 4.49. The molecule has 0 amide bonds. The number of hydrogen-bond acceptors (Lipinski definition) is 4. The number of thiazole rings is 1. The Morgan fingerprint density at radius 2 is 2.11 bits per heavy atom. The standard InChI is InChI=1S/C13H12BrNO2S/c1-2-17-13(16)11-12(18-10(8-14)15-11)9-6-4-3-5-7-9/h3-7H,2,8H2,1H3. The van der Waals surface area contributed by atoms with Crippen molar-refractivity contribution in [2.75, 3.05) is 6.61 Å². The molecule has 0 saturated carbocycles. The van der Waals surface area contributed by atoms with E-state index in [1.54, 1.807) is 6.92 Å². The minimum atomic E-state index is -0.361. The second-order valence-corrected chi connectivity index (χ2v) is 5.15. The van der Waals surface area contributed by atoms with Gasteiger partial charge in [0.1, 0.15) is 5.01 Å². The SMILES string of the molecule is CCOC(=O)c1nc(CBr)sc1-c1ccccc1. The van der Waals surface area contributed by atoms with Gasteiger partial charge < -0.3 is 4.74 Å². The van der Waals surface area contributed by atoms with Gasteiger partial charge in [0, 0.05) is 0 Å². The maximum atomic E-state index is 11.9. The molecule has 0 aliphatic carbocycles. The maximum Gasteiger partial charge on any atom is 0.358 e. The van der Waals surface area contributed by atoms with Crippen LogP contribution in [-0.2, 0) is 10.1 Å². The molecule has 5 heteroatoms. The summed E-state index contributed by atoms with van der Waals surface area (Å²) in [6.45, 7) is 2.14. The highest BCUT2D eigenvalue weighted by atomic mass is 79.9. The van der Waals surface area contributed by atoms with Crippen LogP contribution in [0.2, 0.25) is 0 Å². The number of carbonyl (C=O) groups is 1. The highest BCUT2D eigenvalue weighted by molar-refractivity contribution is 9.08. The van der Waals surface area contributed by atoms with Crippen LogP contribution in [0.1, 0.15) is 22.4 Å². The van der Waals surface area contributed by atoms with E-state index in [9.17, 15) is 4.79 Å². The number of nitrogens with zero attached hydrogens (tertiary/aromatic N) is 1. The zero-order valence-electron chi connectivity index (χ0n) is 9.85. The molecule has 1 aromatic carbocycles. The van der Waals surface area contributed by atoms with Crippen LogP contribution in [0.25, 0.3) is 10.4 Å². The number of benzene rings is 1. The van der Waals surface area contributed by atoms with Gasteiger partial charge in [0.25, 0.3) is 0 Å². The molecule has 3 nitrogen and oxygen atoms in total. The quantitative estimate of drug-likeness (QED) is 0.632. The van der Waals surface area contributed by atoms with Gasteiger partial charge in [-0.05, 0) is 12.5 Å². The highest BCUT2D eigenvalue weighted by Crippen LogP contribution is 2.31. The zero-order valence-corrected chi connectivity index (χ0v) is 12.3. The summed E-state index contributed by atoms with van der Waals surface area (Å²) in [4.78, 5) is 17.1. The first-order chi connectivity index (χ1) is 8.76. The van der Waals surface area contributed by atoms with Gasteiger partial charge in [-0.1, -0.05) is 46.3 Å². The van der Waals surface area contributed by atoms with Gasteiger partial charge in [-0.15, -0.1) is 11.3 Å². The Morgan fingerprint density at radius 1 is 1.39 bits per heavy atom. The molecule has 2 rings (SSSR count). The Labute approximate surface area is 118 Å². The summed E-state index contributed by atoms with van der Waals surface area (Å²) >= 11 is 4.87. The monoisotopic (exact) mass is 325 g/mol. The average molecular weight is 326 g/mol. The van der Waals surface area contributed by atoms with Crippen molar-refractivity contribution in [3.63, 3.8) is 0 Å². The van der Waals surface area contributed by atoms with Crippen LogP contribution in [0.5, 0.6) is 0 Å². The Balaban J connectivity index is 2.45. The summed E-state index contributed by atoms with van der Waals surface area (Å²) in [7, 11) is 0. The van der Waals surface area contributed by atoms with E-state index < -0.39 is 0 Å². The molecule has 2 aromatic rings. The Hall–Kier alpha value is -1.20. The lowest BCUT2D eigenvalue weighted by Crippen LogP contribution is -2.06. The van der Waals surface area contributed by atoms with Crippen molar-refractivity contribution in [2.24, 2.45) is 0 Å². The topological polar surface area (TPSA) is 39.2 Å². The number of rotatable bonds is 4. The summed E-state index contributed by atoms with van der Waals surface area (Å²) in [5.41, 5.74) is 1.40. The molecule has 0 saturated heterocycles. The number of alkyl halides is 1. The van der Waals surface area contributed by atoms with Gasteiger partial charge in [0.2, 0.25) is 0 Å². The molecule has 0 radical (unpaired) electrons. The van der Waals surface area contributed by atoms with Gasteiger partial charge in [-0.3, -0.25) is 0 Å². The summed E-state index contributed by atoms with van der Waals surface area (Å²) in [5, 5.41) is 1.51. The molecule has 0 unspecified atom stereocenters. The molecule has 0 atom stereocenters. The van der Waals surface area contributed by atoms with E-state index in [2.05, 4.69) is 20.9 Å². The van der Waals surface area contributed by atoms with Gasteiger partial charge >= 0.3 is 5.97 Å². The molecule has 1 heterocycles. The molecule has 0 fully saturated rings. The highest BCUT2D eigenvalue weighted by Gasteiger charge is 2.19. The molecule has 18 heavy (non-hydrogen) atoms. The minimum absolute atomic E-state index is 0.355. The number of aromatic nitrogens is 1. The smallest absolute Gasteiger partial charge is 0.358 e. The predicted molar refractivity (Wildman–Crippen MR) is 76.1 cm³/mol. The van der Waals surface area contributed by atoms with Gasteiger partial charge in [0.15, 0.2) is 5.69 Å². The van der Waals surface area contributed by atoms with Crippen LogP contribution >= 0.6 is 27.3 Å². The molecule has 0 aliphatic rings. The molecule has 1 aromatic heterocycles. The maximum absolute atomic E-state index is 11.9. The third kappa shape index (κ3) is 2.79. The van der Waals surface area contributed by atoms with E-state index in [1.165, 1.54) is 11.3 Å². The molecular formula is C13H12BrNO2S. The van der Waals surface area contributed by atoms with Crippen molar-refractivity contribution in [1.29, 1.82) is 0 Å². The lowest BCUT2D eigenvalue weighted by atomic mass is 10.1. The first kappa shape index (κ1) is 13.2. The third-order valence-corrected chi connectivity index (χ3v) is 4.30. The Morgan fingerprint density at radius 3 is 2.72 bits per heavy atom. The first-order valence-corrected chi connectivity index (χ1v) is 7.48. The lowest BCUT2D eigenvalue weighted by Gasteiger charge is -2.01. The average Bonchev–Trinajstić information content (AvgIpc) is 2.84. The van der Waals surface area contributed by atoms with Crippen molar-refractivity contribution < 1.29 is 9.53 Å². The normalized spacial score (nSPS) is 10.3. The van der Waals surface area contributed by atoms with Gasteiger partial charge in [-0.25, -0.2) is 9.78 Å². The summed E-state index contributed by atoms with van der Waals surface area (Å²) in [6, 6.07) is 9.76. The van der Waals surface area contributed by atoms with E-state index in [1.807, 2.05) is 30.3 Å². The fraction of sp³-hybridized carbons (Fsp3) is 0.231. The molecule has 0 spiro atoms. The third-order valence-electron chi connectivity index (χ3n) is 2.29. The van der Waals surface area contributed by atoms with Crippen LogP contribution in [0.15, 0.2) is 30.3 Å². The molecular weight excluding hydrogens is 314 g/mol. The number of hydrogen-bond donors (Lipinski definition) is 0. The molecule has 0 aliphatic heterocycles. The summed E-state index contributed by atoms with van der Waals surface area (Å²) < 4.78 is 5.04. The van der Waals surface area contributed by atoms with Crippen molar-refractivity contribution >= 4 is 33.2 Å². The largest absolute Gasteiger partial charge is 0.461 e. The van der Waals surface area contributed by atoms with Crippen LogP contribution in [0.4, 0.5) is 0 Å². The lowest BCUT2D eigenvalue weighted by molar-refractivity contribution is 0.0521. The number of ether oxygens (including phenoxy) is 1. The molecule has 94 valence electrons.